The summed E-state index contributed by atoms with van der Waals surface area (Å²) in [5.41, 5.74) is -1.10. The maximum atomic E-state index is 10.9. The highest BCUT2D eigenvalue weighted by atomic mass is 16.6. The number of ether oxygens (including phenoxy) is 2. The Kier molecular flexibility index (Phi) is 4.90. The van der Waals surface area contributed by atoms with Crippen molar-refractivity contribution < 1.29 is 24.3 Å². The fraction of sp³-hybridized carbons (Fsp3) is 0.462. The van der Waals surface area contributed by atoms with Crippen LogP contribution in [0.15, 0.2) is 18.2 Å². The van der Waals surface area contributed by atoms with Crippen LogP contribution in [0.4, 0.5) is 5.69 Å². The van der Waals surface area contributed by atoms with E-state index in [0.29, 0.717) is 12.2 Å². The SMILES string of the molecule is COc1ccc(OCCC(C)(C)C(=O)O)cc1[N+](=O)[O-]. The fourth-order valence-corrected chi connectivity index (χ4v) is 1.43. The zero-order chi connectivity index (χ0) is 15.3. The number of hydrogen-bond acceptors (Lipinski definition) is 5. The number of nitrogens with zero attached hydrogens (tertiary/aromatic N) is 1. The molecule has 7 heteroatoms. The highest BCUT2D eigenvalue weighted by Gasteiger charge is 2.27. The minimum absolute atomic E-state index is 0.146. The van der Waals surface area contributed by atoms with E-state index in [9.17, 15) is 14.9 Å². The van der Waals surface area contributed by atoms with E-state index in [0.717, 1.165) is 0 Å². The number of carboxylic acid groups (broad SMARTS) is 1. The van der Waals surface area contributed by atoms with E-state index in [4.69, 9.17) is 14.6 Å². The Bertz CT molecular complexity index is 512. The Morgan fingerprint density at radius 2 is 2.10 bits per heavy atom. The number of rotatable bonds is 7. The Balaban J connectivity index is 2.72. The fourth-order valence-electron chi connectivity index (χ4n) is 1.43. The second kappa shape index (κ2) is 6.23. The summed E-state index contributed by atoms with van der Waals surface area (Å²) in [6, 6.07) is 4.24. The smallest absolute Gasteiger partial charge is 0.314 e. The molecule has 0 aliphatic rings. The predicted octanol–water partition coefficient (Wildman–Crippen LogP) is 2.48. The van der Waals surface area contributed by atoms with Gasteiger partial charge in [0.05, 0.1) is 30.1 Å². The van der Waals surface area contributed by atoms with Gasteiger partial charge >= 0.3 is 11.7 Å². The molecular formula is C13H17NO6. The summed E-state index contributed by atoms with van der Waals surface area (Å²) < 4.78 is 10.2. The molecule has 20 heavy (non-hydrogen) atoms. The number of carboxylic acids is 1. The van der Waals surface area contributed by atoms with Crippen LogP contribution in [-0.4, -0.2) is 29.7 Å². The molecule has 0 spiro atoms. The molecule has 0 aromatic heterocycles. The summed E-state index contributed by atoms with van der Waals surface area (Å²) in [5, 5.41) is 19.8. The monoisotopic (exact) mass is 283 g/mol. The molecule has 0 atom stereocenters. The summed E-state index contributed by atoms with van der Waals surface area (Å²) in [6.45, 7) is 3.34. The molecule has 0 saturated carbocycles. The molecule has 0 radical (unpaired) electrons. The molecule has 0 heterocycles. The molecule has 0 aliphatic heterocycles. The summed E-state index contributed by atoms with van der Waals surface area (Å²) >= 11 is 0. The van der Waals surface area contributed by atoms with Crippen molar-refractivity contribution in [1.29, 1.82) is 0 Å². The number of nitro benzene ring substituents is 1. The standard InChI is InChI=1S/C13H17NO6/c1-13(2,12(15)16)6-7-20-9-4-5-11(19-3)10(8-9)14(17)18/h4-5,8H,6-7H2,1-3H3,(H,15,16). The van der Waals surface area contributed by atoms with E-state index < -0.39 is 16.3 Å². The Morgan fingerprint density at radius 3 is 2.60 bits per heavy atom. The normalized spacial score (nSPS) is 10.9. The first kappa shape index (κ1) is 15.7. The van der Waals surface area contributed by atoms with E-state index >= 15 is 0 Å². The third kappa shape index (κ3) is 3.84. The zero-order valence-corrected chi connectivity index (χ0v) is 11.6. The van der Waals surface area contributed by atoms with Crippen LogP contribution in [0.1, 0.15) is 20.3 Å². The third-order valence-electron chi connectivity index (χ3n) is 2.92. The van der Waals surface area contributed by atoms with Crippen LogP contribution in [0.2, 0.25) is 0 Å². The maximum Gasteiger partial charge on any atom is 0.314 e. The van der Waals surface area contributed by atoms with E-state index in [2.05, 4.69) is 0 Å². The van der Waals surface area contributed by atoms with Crippen molar-refractivity contribution in [2.45, 2.75) is 20.3 Å². The highest BCUT2D eigenvalue weighted by molar-refractivity contribution is 5.73. The summed E-state index contributed by atoms with van der Waals surface area (Å²) in [6.07, 6.45) is 0.294. The van der Waals surface area contributed by atoms with E-state index in [-0.39, 0.29) is 18.0 Å². The number of hydrogen-bond donors (Lipinski definition) is 1. The Hall–Kier alpha value is -2.31. The maximum absolute atomic E-state index is 10.9. The second-order valence-corrected chi connectivity index (χ2v) is 4.88. The molecule has 0 saturated heterocycles. The number of nitro groups is 1. The van der Waals surface area contributed by atoms with Crippen LogP contribution >= 0.6 is 0 Å². The molecule has 0 aliphatic carbocycles. The Morgan fingerprint density at radius 1 is 1.45 bits per heavy atom. The lowest BCUT2D eigenvalue weighted by Crippen LogP contribution is -2.25. The van der Waals surface area contributed by atoms with Crippen LogP contribution < -0.4 is 9.47 Å². The minimum atomic E-state index is -0.915. The summed E-state index contributed by atoms with van der Waals surface area (Å²) in [5.74, 6) is -0.464. The molecule has 0 amide bonds. The molecule has 7 nitrogen and oxygen atoms in total. The van der Waals surface area contributed by atoms with Gasteiger partial charge in [0.15, 0.2) is 5.75 Å². The van der Waals surface area contributed by atoms with Crippen molar-refractivity contribution in [3.63, 3.8) is 0 Å². The zero-order valence-electron chi connectivity index (χ0n) is 11.6. The third-order valence-corrected chi connectivity index (χ3v) is 2.92. The van der Waals surface area contributed by atoms with Crippen LogP contribution in [0, 0.1) is 15.5 Å². The molecule has 1 N–H and O–H groups in total. The van der Waals surface area contributed by atoms with Crippen LogP contribution in [0.3, 0.4) is 0 Å². The van der Waals surface area contributed by atoms with Gasteiger partial charge in [0.1, 0.15) is 5.75 Å². The molecule has 1 aromatic carbocycles. The van der Waals surface area contributed by atoms with Crippen LogP contribution in [-0.2, 0) is 4.79 Å². The minimum Gasteiger partial charge on any atom is -0.493 e. The molecular weight excluding hydrogens is 266 g/mol. The van der Waals surface area contributed by atoms with Gasteiger partial charge in [-0.3, -0.25) is 14.9 Å². The van der Waals surface area contributed by atoms with Gasteiger partial charge in [-0.1, -0.05) is 0 Å². The number of aliphatic carboxylic acids is 1. The predicted molar refractivity (Wildman–Crippen MR) is 71.2 cm³/mol. The first-order valence-electron chi connectivity index (χ1n) is 5.96. The molecule has 1 aromatic rings. The van der Waals surface area contributed by atoms with Gasteiger partial charge < -0.3 is 14.6 Å². The molecule has 0 bridgehead atoms. The van der Waals surface area contributed by atoms with Gasteiger partial charge in [-0.25, -0.2) is 0 Å². The van der Waals surface area contributed by atoms with Crippen molar-refractivity contribution in [2.75, 3.05) is 13.7 Å². The largest absolute Gasteiger partial charge is 0.493 e. The summed E-state index contributed by atoms with van der Waals surface area (Å²) in [4.78, 5) is 21.2. The first-order chi connectivity index (χ1) is 9.27. The lowest BCUT2D eigenvalue weighted by atomic mass is 9.90. The van der Waals surface area contributed by atoms with E-state index in [1.54, 1.807) is 19.9 Å². The lowest BCUT2D eigenvalue weighted by Gasteiger charge is -2.18. The second-order valence-electron chi connectivity index (χ2n) is 4.88. The van der Waals surface area contributed by atoms with Crippen molar-refractivity contribution >= 4 is 11.7 Å². The number of carbonyl (C=O) groups is 1. The molecule has 0 fully saturated rings. The lowest BCUT2D eigenvalue weighted by molar-refractivity contribution is -0.385. The van der Waals surface area contributed by atoms with Gasteiger partial charge in [0.25, 0.3) is 0 Å². The molecule has 1 rings (SSSR count). The molecule has 0 unspecified atom stereocenters. The van der Waals surface area contributed by atoms with Gasteiger partial charge in [-0.15, -0.1) is 0 Å². The van der Waals surface area contributed by atoms with E-state index in [1.165, 1.54) is 19.2 Å². The van der Waals surface area contributed by atoms with Gasteiger partial charge in [-0.05, 0) is 32.4 Å². The van der Waals surface area contributed by atoms with Crippen molar-refractivity contribution in [3.8, 4) is 11.5 Å². The van der Waals surface area contributed by atoms with Crippen molar-refractivity contribution in [3.05, 3.63) is 28.3 Å². The quantitative estimate of drug-likeness (QED) is 0.609. The first-order valence-corrected chi connectivity index (χ1v) is 5.96. The van der Waals surface area contributed by atoms with Gasteiger partial charge in [0.2, 0.25) is 0 Å². The van der Waals surface area contributed by atoms with Crippen LogP contribution in [0.5, 0.6) is 11.5 Å². The average Bonchev–Trinajstić information content (AvgIpc) is 2.38. The molecule has 110 valence electrons. The highest BCUT2D eigenvalue weighted by Crippen LogP contribution is 2.31. The van der Waals surface area contributed by atoms with Crippen LogP contribution in [0.25, 0.3) is 0 Å². The van der Waals surface area contributed by atoms with Gasteiger partial charge in [-0.2, -0.15) is 0 Å². The summed E-state index contributed by atoms with van der Waals surface area (Å²) in [7, 11) is 1.35. The Labute approximate surface area is 116 Å². The van der Waals surface area contributed by atoms with Crippen molar-refractivity contribution in [2.24, 2.45) is 5.41 Å². The van der Waals surface area contributed by atoms with E-state index in [1.807, 2.05) is 0 Å². The number of benzene rings is 1. The topological polar surface area (TPSA) is 98.9 Å². The van der Waals surface area contributed by atoms with Gasteiger partial charge in [0, 0.05) is 0 Å². The average molecular weight is 283 g/mol. The number of methoxy groups -OCH3 is 1. The van der Waals surface area contributed by atoms with Crippen molar-refractivity contribution in [1.82, 2.24) is 0 Å².